The van der Waals surface area contributed by atoms with Crippen LogP contribution in [0.25, 0.3) is 10.9 Å². The van der Waals surface area contributed by atoms with Crippen molar-refractivity contribution in [2.75, 3.05) is 5.32 Å². The lowest BCUT2D eigenvalue weighted by Crippen LogP contribution is -2.18. The van der Waals surface area contributed by atoms with E-state index in [1.165, 1.54) is 24.4 Å². The van der Waals surface area contributed by atoms with E-state index in [1.54, 1.807) is 6.07 Å². The van der Waals surface area contributed by atoms with Crippen LogP contribution in [0.1, 0.15) is 27.9 Å². The third kappa shape index (κ3) is 4.87. The number of hydrogen-bond donors (Lipinski definition) is 2. The summed E-state index contributed by atoms with van der Waals surface area (Å²) in [7, 11) is 0. The fraction of sp³-hybridized carbons (Fsp3) is 0.150. The first-order chi connectivity index (χ1) is 13.6. The molecule has 9 heteroatoms. The van der Waals surface area contributed by atoms with Crippen molar-refractivity contribution < 1.29 is 27.2 Å². The molecule has 0 aliphatic carbocycles. The third-order valence-electron chi connectivity index (χ3n) is 4.25. The summed E-state index contributed by atoms with van der Waals surface area (Å²) >= 11 is 0. The summed E-state index contributed by atoms with van der Waals surface area (Å²) in [5.41, 5.74) is 5.04. The molecule has 2 amide bonds. The fourth-order valence-electron chi connectivity index (χ4n) is 2.84. The van der Waals surface area contributed by atoms with Crippen molar-refractivity contribution in [3.8, 4) is 0 Å². The van der Waals surface area contributed by atoms with Gasteiger partial charge in [-0.15, -0.1) is 0 Å². The Kier molecular flexibility index (Phi) is 5.49. The van der Waals surface area contributed by atoms with Gasteiger partial charge in [0, 0.05) is 17.4 Å². The third-order valence-corrected chi connectivity index (χ3v) is 4.25. The molecule has 0 saturated heterocycles. The summed E-state index contributed by atoms with van der Waals surface area (Å²) in [6.07, 6.45) is -3.29. The molecule has 0 fully saturated rings. The monoisotopic (exact) mass is 405 g/mol. The van der Waals surface area contributed by atoms with Gasteiger partial charge in [0.15, 0.2) is 0 Å². The molecule has 0 aliphatic heterocycles. The van der Waals surface area contributed by atoms with E-state index in [0.29, 0.717) is 22.7 Å². The van der Waals surface area contributed by atoms with Crippen molar-refractivity contribution in [1.82, 2.24) is 4.98 Å². The number of rotatable bonds is 5. The van der Waals surface area contributed by atoms with Crippen molar-refractivity contribution >= 4 is 28.4 Å². The highest BCUT2D eigenvalue weighted by Gasteiger charge is 2.31. The first kappa shape index (κ1) is 20.2. The number of benzene rings is 2. The van der Waals surface area contributed by atoms with E-state index in [-0.39, 0.29) is 24.0 Å². The number of nitrogens with one attached hydrogen (secondary N) is 1. The molecule has 0 unspecified atom stereocenters. The number of alkyl halides is 3. The lowest BCUT2D eigenvalue weighted by molar-refractivity contribution is -0.137. The molecule has 2 aromatic carbocycles. The molecule has 3 rings (SSSR count). The van der Waals surface area contributed by atoms with E-state index >= 15 is 0 Å². The standard InChI is InChI=1S/C20H15F4N3O2/c21-14-4-5-17-12(7-14)8-15(10-26-17)27-18(28)6-2-11-1-3-13(20(22,23)24)9-16(11)19(25)29/h1,3-5,7-10H,2,6H2,(H2,25,29)(H,27,28). The molecule has 3 N–H and O–H groups in total. The minimum absolute atomic E-state index is 0.0118. The van der Waals surface area contributed by atoms with Gasteiger partial charge in [-0.2, -0.15) is 13.2 Å². The van der Waals surface area contributed by atoms with Crippen LogP contribution in [0.5, 0.6) is 0 Å². The molecule has 0 radical (unpaired) electrons. The van der Waals surface area contributed by atoms with E-state index in [2.05, 4.69) is 10.3 Å². The zero-order valence-corrected chi connectivity index (χ0v) is 14.9. The zero-order valence-electron chi connectivity index (χ0n) is 14.9. The smallest absolute Gasteiger partial charge is 0.366 e. The molecule has 0 aliphatic rings. The molecule has 5 nitrogen and oxygen atoms in total. The molecule has 150 valence electrons. The molecular weight excluding hydrogens is 390 g/mol. The van der Waals surface area contributed by atoms with Crippen molar-refractivity contribution in [3.05, 3.63) is 71.2 Å². The summed E-state index contributed by atoms with van der Waals surface area (Å²) in [6, 6.07) is 8.26. The van der Waals surface area contributed by atoms with Gasteiger partial charge < -0.3 is 11.1 Å². The fourth-order valence-corrected chi connectivity index (χ4v) is 2.84. The number of hydrogen-bond acceptors (Lipinski definition) is 3. The van der Waals surface area contributed by atoms with Gasteiger partial charge in [0.2, 0.25) is 11.8 Å². The minimum atomic E-state index is -4.61. The normalized spacial score (nSPS) is 11.4. The number of aromatic nitrogens is 1. The number of carbonyl (C=O) groups is 2. The Hall–Kier alpha value is -3.49. The van der Waals surface area contributed by atoms with E-state index in [4.69, 9.17) is 5.73 Å². The predicted molar refractivity (Wildman–Crippen MR) is 98.6 cm³/mol. The molecule has 0 spiro atoms. The minimum Gasteiger partial charge on any atom is -0.366 e. The van der Waals surface area contributed by atoms with Gasteiger partial charge in [-0.25, -0.2) is 4.39 Å². The SMILES string of the molecule is NC(=O)c1cc(C(F)(F)F)ccc1CCC(=O)Nc1cnc2ccc(F)cc2c1. The van der Waals surface area contributed by atoms with Crippen molar-refractivity contribution in [1.29, 1.82) is 0 Å². The van der Waals surface area contributed by atoms with Gasteiger partial charge in [-0.05, 0) is 48.4 Å². The maximum Gasteiger partial charge on any atom is 0.416 e. The number of fused-ring (bicyclic) bond motifs is 1. The Morgan fingerprint density at radius 3 is 2.52 bits per heavy atom. The topological polar surface area (TPSA) is 85.1 Å². The second-order valence-electron chi connectivity index (χ2n) is 6.34. The van der Waals surface area contributed by atoms with Crippen molar-refractivity contribution in [2.45, 2.75) is 19.0 Å². The summed E-state index contributed by atoms with van der Waals surface area (Å²) in [5.74, 6) is -1.89. The van der Waals surface area contributed by atoms with Gasteiger partial charge in [0.1, 0.15) is 5.82 Å². The van der Waals surface area contributed by atoms with E-state index in [0.717, 1.165) is 12.1 Å². The van der Waals surface area contributed by atoms with Gasteiger partial charge >= 0.3 is 6.18 Å². The van der Waals surface area contributed by atoms with Crippen LogP contribution < -0.4 is 11.1 Å². The van der Waals surface area contributed by atoms with Gasteiger partial charge in [-0.1, -0.05) is 6.07 Å². The van der Waals surface area contributed by atoms with Gasteiger partial charge in [0.25, 0.3) is 0 Å². The maximum atomic E-state index is 13.3. The molecule has 1 aromatic heterocycles. The van der Waals surface area contributed by atoms with Crippen LogP contribution in [-0.2, 0) is 17.4 Å². The Balaban J connectivity index is 1.71. The molecule has 0 bridgehead atoms. The van der Waals surface area contributed by atoms with Gasteiger partial charge in [0.05, 0.1) is 23.0 Å². The molecule has 1 heterocycles. The predicted octanol–water partition coefficient (Wildman–Crippen LogP) is 4.06. The van der Waals surface area contributed by atoms with Crippen LogP contribution in [0.15, 0.2) is 48.7 Å². The maximum absolute atomic E-state index is 13.3. The molecular formula is C20H15F4N3O2. The van der Waals surface area contributed by atoms with Crippen molar-refractivity contribution in [2.24, 2.45) is 5.73 Å². The molecule has 0 atom stereocenters. The van der Waals surface area contributed by atoms with Crippen LogP contribution in [0.3, 0.4) is 0 Å². The van der Waals surface area contributed by atoms with E-state index < -0.39 is 29.4 Å². The summed E-state index contributed by atoms with van der Waals surface area (Å²) < 4.78 is 51.8. The molecule has 0 saturated carbocycles. The Labute approximate surface area is 162 Å². The Bertz CT molecular complexity index is 1100. The number of amides is 2. The Morgan fingerprint density at radius 1 is 1.07 bits per heavy atom. The van der Waals surface area contributed by atoms with Crippen molar-refractivity contribution in [3.63, 3.8) is 0 Å². The van der Waals surface area contributed by atoms with Crippen LogP contribution in [-0.4, -0.2) is 16.8 Å². The number of nitrogens with zero attached hydrogens (tertiary/aromatic N) is 1. The average Bonchev–Trinajstić information content (AvgIpc) is 2.65. The highest BCUT2D eigenvalue weighted by Crippen LogP contribution is 2.30. The number of pyridine rings is 1. The zero-order chi connectivity index (χ0) is 21.2. The Morgan fingerprint density at radius 2 is 1.83 bits per heavy atom. The van der Waals surface area contributed by atoms with Crippen LogP contribution in [0.4, 0.5) is 23.2 Å². The highest BCUT2D eigenvalue weighted by molar-refractivity contribution is 5.96. The van der Waals surface area contributed by atoms with E-state index in [1.807, 2.05) is 0 Å². The van der Waals surface area contributed by atoms with Crippen LogP contribution in [0.2, 0.25) is 0 Å². The molecule has 3 aromatic rings. The second kappa shape index (κ2) is 7.86. The number of primary amides is 1. The van der Waals surface area contributed by atoms with Crippen LogP contribution in [0, 0.1) is 5.82 Å². The second-order valence-corrected chi connectivity index (χ2v) is 6.34. The van der Waals surface area contributed by atoms with Gasteiger partial charge in [-0.3, -0.25) is 14.6 Å². The number of aryl methyl sites for hydroxylation is 1. The lowest BCUT2D eigenvalue weighted by Gasteiger charge is -2.12. The summed E-state index contributed by atoms with van der Waals surface area (Å²) in [4.78, 5) is 27.8. The average molecular weight is 405 g/mol. The number of nitrogens with two attached hydrogens (primary N) is 1. The summed E-state index contributed by atoms with van der Waals surface area (Å²) in [5, 5.41) is 3.09. The first-order valence-corrected chi connectivity index (χ1v) is 8.48. The summed E-state index contributed by atoms with van der Waals surface area (Å²) in [6.45, 7) is 0. The lowest BCUT2D eigenvalue weighted by atomic mass is 9.99. The molecule has 29 heavy (non-hydrogen) atoms. The largest absolute Gasteiger partial charge is 0.416 e. The van der Waals surface area contributed by atoms with E-state index in [9.17, 15) is 27.2 Å². The highest BCUT2D eigenvalue weighted by atomic mass is 19.4. The number of carbonyl (C=O) groups excluding carboxylic acids is 2. The first-order valence-electron chi connectivity index (χ1n) is 8.48. The quantitative estimate of drug-likeness (QED) is 0.628. The van der Waals surface area contributed by atoms with Crippen LogP contribution >= 0.6 is 0 Å². The number of anilines is 1. The number of halogens is 4.